The zero-order valence-electron chi connectivity index (χ0n) is 30.7. The van der Waals surface area contributed by atoms with Crippen LogP contribution in [0.3, 0.4) is 0 Å². The maximum atomic E-state index is 10.4. The third-order valence-corrected chi connectivity index (χ3v) is 6.24. The molecule has 4 aromatic rings. The van der Waals surface area contributed by atoms with Crippen LogP contribution in [0.1, 0.15) is 41.4 Å². The summed E-state index contributed by atoms with van der Waals surface area (Å²) in [7, 11) is 0. The van der Waals surface area contributed by atoms with Gasteiger partial charge < -0.3 is 50.6 Å². The Morgan fingerprint density at radius 3 is 0.409 bits per heavy atom. The van der Waals surface area contributed by atoms with Gasteiger partial charge in [-0.2, -0.15) is 0 Å². The predicted molar refractivity (Wildman–Crippen MR) is 186 cm³/mol. The Balaban J connectivity index is -0.000000176. The second-order valence-corrected chi connectivity index (χ2v) is 10.2. The van der Waals surface area contributed by atoms with Crippen molar-refractivity contribution in [3.63, 3.8) is 0 Å². The van der Waals surface area contributed by atoms with Gasteiger partial charge in [0.1, 0.15) is 0 Å². The van der Waals surface area contributed by atoms with E-state index >= 15 is 0 Å². The molecule has 0 heterocycles. The van der Waals surface area contributed by atoms with E-state index in [1.165, 1.54) is 0 Å². The monoisotopic (exact) mass is 1310 g/mol. The second-order valence-electron chi connectivity index (χ2n) is 10.2. The number of hydrogen-bond acceptors (Lipinski definition) is 24. The minimum absolute atomic E-state index is 0. The van der Waals surface area contributed by atoms with Gasteiger partial charge in [0.2, 0.25) is 0 Å². The molecule has 0 saturated heterocycles. The number of non-ortho nitro benzene ring substituents is 8. The van der Waals surface area contributed by atoms with E-state index in [2.05, 4.69) is 0 Å². The van der Waals surface area contributed by atoms with Crippen LogP contribution in [-0.4, -0.2) is 63.3 Å². The van der Waals surface area contributed by atoms with Crippen molar-refractivity contribution in [2.24, 2.45) is 0 Å². The van der Waals surface area contributed by atoms with Crippen LogP contribution in [0.15, 0.2) is 72.8 Å². The van der Waals surface area contributed by atoms with Crippen molar-refractivity contribution in [2.45, 2.75) is 0 Å². The van der Waals surface area contributed by atoms with E-state index in [0.717, 1.165) is 0 Å². The van der Waals surface area contributed by atoms with Crippen LogP contribution in [0.4, 0.5) is 45.5 Å². The van der Waals surface area contributed by atoms with Gasteiger partial charge in [0, 0.05) is 70.8 Å². The number of hydrogen-bond donors (Lipinski definition) is 0. The number of carbonyl (C=O) groups is 4. The first kappa shape index (κ1) is 70.5. The number of nitro benzene ring substituents is 8. The summed E-state index contributed by atoms with van der Waals surface area (Å²) in [6.45, 7) is 0. The molecule has 368 valence electrons. The van der Waals surface area contributed by atoms with Crippen molar-refractivity contribution in [3.05, 3.63) is 176 Å². The molecule has 4 aromatic carbocycles. The van der Waals surface area contributed by atoms with Gasteiger partial charge in [-0.25, -0.2) is 0 Å². The minimum Gasteiger partial charge on any atom is -0.545 e. The van der Waals surface area contributed by atoms with Crippen molar-refractivity contribution in [1.82, 2.24) is 0 Å². The number of nitrogens with zero attached hydrogens (tertiary/aromatic N) is 8. The first-order chi connectivity index (χ1) is 27.7. The number of carboxylic acid groups (broad SMARTS) is 4. The van der Waals surface area contributed by atoms with Crippen LogP contribution in [0.5, 0.6) is 0 Å². The summed E-state index contributed by atoms with van der Waals surface area (Å²) < 4.78 is 0. The molecule has 6 N–H and O–H groups in total. The zero-order valence-corrected chi connectivity index (χ0v) is 36.6. The summed E-state index contributed by atoms with van der Waals surface area (Å²) in [5.74, 6) is -6.83. The summed E-state index contributed by atoms with van der Waals surface area (Å²) in [5, 5.41) is 124. The molecule has 0 aliphatic carbocycles. The van der Waals surface area contributed by atoms with E-state index < -0.39 is 131 Å². The standard InChI is InChI=1S/4C7H4N2O6.4Ag.2H2O/c4*10-7(11)4-1-5(8(12)13)3-6(2-4)9(14)15;;;;;;/h4*1-3H,(H,10,11);;;;;2*1H2/q;;;;4*+1;;/p-2. The van der Waals surface area contributed by atoms with E-state index in [1.807, 2.05) is 0 Å². The van der Waals surface area contributed by atoms with Crippen LogP contribution in [0, 0.1) is 80.9 Å². The Morgan fingerprint density at radius 1 is 0.258 bits per heavy atom. The topological polar surface area (TPSA) is 572 Å². The predicted octanol–water partition coefficient (Wildman–Crippen LogP) is -2.39. The molecule has 0 unspecified atom stereocenters. The fourth-order valence-corrected chi connectivity index (χ4v) is 3.70. The van der Waals surface area contributed by atoms with Gasteiger partial charge in [0.15, 0.2) is 0 Å². The van der Waals surface area contributed by atoms with Crippen LogP contribution in [0.2, 0.25) is 0 Å². The normalized spacial score (nSPS) is 8.73. The first-order valence-electron chi connectivity index (χ1n) is 14.3. The third-order valence-electron chi connectivity index (χ3n) is 6.24. The summed E-state index contributed by atoms with van der Waals surface area (Å²) >= 11 is 0. The number of carbonyl (C=O) groups excluding carboxylic acids is 4. The Bertz CT molecular complexity index is 1870. The second kappa shape index (κ2) is 31.6. The molecule has 0 radical (unpaired) electrons. The first-order valence-corrected chi connectivity index (χ1v) is 14.3. The number of carboxylic acids is 4. The number of rotatable bonds is 12. The summed E-state index contributed by atoms with van der Waals surface area (Å²) in [4.78, 5) is 117. The molecular formula is C28H18Ag4N8O26+2. The molecule has 4 rings (SSSR count). The quantitative estimate of drug-likeness (QED) is 0.0618. The number of benzene rings is 4. The zero-order chi connectivity index (χ0) is 46.3. The molecule has 34 nitrogen and oxygen atoms in total. The van der Waals surface area contributed by atoms with Crippen molar-refractivity contribution in [2.75, 3.05) is 0 Å². The molecule has 0 aliphatic heterocycles. The van der Waals surface area contributed by atoms with Gasteiger partial charge in [0.25, 0.3) is 45.5 Å². The van der Waals surface area contributed by atoms with Gasteiger partial charge in [-0.15, -0.1) is 0 Å². The Kier molecular flexibility index (Phi) is 33.8. The van der Waals surface area contributed by atoms with E-state index in [9.17, 15) is 121 Å². The molecule has 38 heteroatoms. The molecule has 66 heavy (non-hydrogen) atoms. The molecule has 0 spiro atoms. The maximum absolute atomic E-state index is 10.4. The van der Waals surface area contributed by atoms with Gasteiger partial charge in [-0.1, -0.05) is 0 Å². The SMILES string of the molecule is O=C([O-])c1cc([N+](=O)[O-])cc([N+](=O)[O-])c1.O=C([O-])c1cc([N+](=O)[O-])cc([N+](=O)[O-])c1.O=C([O-])c1cc([N+](=O)[O-])cc([N+](=O)[O-])c1.O=C([O-])c1cc([N+](=O)[O-])cc([N+](=O)[O-])c1.[Ag+].[Ag+].[Ag+].[Ag+].[OH3+].[OH3+]. The van der Waals surface area contributed by atoms with Crippen molar-refractivity contribution in [3.8, 4) is 0 Å². The smallest absolute Gasteiger partial charge is 0.545 e. The summed E-state index contributed by atoms with van der Waals surface area (Å²) in [5.41, 5.74) is -7.71. The molecule has 0 atom stereocenters. The average Bonchev–Trinajstić information content (AvgIpc) is 3.17. The van der Waals surface area contributed by atoms with E-state index in [4.69, 9.17) is 0 Å². The molecule has 0 fully saturated rings. The number of nitro groups is 8. The van der Waals surface area contributed by atoms with Crippen LogP contribution >= 0.6 is 0 Å². The fraction of sp³-hybridized carbons (Fsp3) is 0. The van der Waals surface area contributed by atoms with Crippen molar-refractivity contribution >= 4 is 69.4 Å². The van der Waals surface area contributed by atoms with E-state index in [0.29, 0.717) is 72.8 Å². The average molecular weight is 1310 g/mol. The van der Waals surface area contributed by atoms with Crippen LogP contribution < -0.4 is 20.4 Å². The fourth-order valence-electron chi connectivity index (χ4n) is 3.70. The molecular weight excluding hydrogens is 1300 g/mol. The van der Waals surface area contributed by atoms with Crippen molar-refractivity contribution < 1.29 is 179 Å². The van der Waals surface area contributed by atoms with Gasteiger partial charge in [-0.05, 0) is 0 Å². The third kappa shape index (κ3) is 22.5. The van der Waals surface area contributed by atoms with E-state index in [-0.39, 0.29) is 100 Å². The molecule has 0 aromatic heterocycles. The van der Waals surface area contributed by atoms with Crippen molar-refractivity contribution in [1.29, 1.82) is 0 Å². The Labute approximate surface area is 422 Å². The van der Waals surface area contributed by atoms with E-state index in [1.54, 1.807) is 0 Å². The molecule has 0 bridgehead atoms. The largest absolute Gasteiger partial charge is 1.00 e. The van der Waals surface area contributed by atoms with Gasteiger partial charge in [-0.3, -0.25) is 80.9 Å². The maximum Gasteiger partial charge on any atom is 1.00 e. The number of aromatic carboxylic acids is 4. The Hall–Kier alpha value is -7.16. The molecule has 0 saturated carbocycles. The molecule has 0 amide bonds. The van der Waals surface area contributed by atoms with Gasteiger partial charge in [0.05, 0.1) is 87.5 Å². The molecule has 0 aliphatic rings. The van der Waals surface area contributed by atoms with Gasteiger partial charge >= 0.3 is 89.5 Å². The minimum atomic E-state index is -1.71. The Morgan fingerprint density at radius 2 is 0.348 bits per heavy atom. The summed E-state index contributed by atoms with van der Waals surface area (Å²) in [6.07, 6.45) is 0. The summed E-state index contributed by atoms with van der Waals surface area (Å²) in [6, 6.07) is 8.27. The van der Waals surface area contributed by atoms with Crippen LogP contribution in [0.25, 0.3) is 0 Å². The van der Waals surface area contributed by atoms with Crippen LogP contribution in [-0.2, 0) is 100 Å².